The van der Waals surface area contributed by atoms with Crippen molar-refractivity contribution in [2.45, 2.75) is 17.6 Å². The maximum Gasteiger partial charge on any atom is 0.253 e. The number of benzene rings is 2. The zero-order valence-corrected chi connectivity index (χ0v) is 14.4. The molecule has 0 aliphatic carbocycles. The first kappa shape index (κ1) is 18.2. The van der Waals surface area contributed by atoms with Crippen molar-refractivity contribution in [1.82, 2.24) is 4.90 Å². The van der Waals surface area contributed by atoms with Crippen LogP contribution in [0.1, 0.15) is 22.8 Å². The van der Waals surface area contributed by atoms with E-state index in [0.717, 1.165) is 0 Å². The highest BCUT2D eigenvalue weighted by Crippen LogP contribution is 2.17. The molecular weight excluding hydrogens is 326 g/mol. The van der Waals surface area contributed by atoms with E-state index in [2.05, 4.69) is 0 Å². The number of nitrogens with zero attached hydrogens (tertiary/aromatic N) is 1. The Hall–Kier alpha value is -2.18. The van der Waals surface area contributed by atoms with E-state index in [-0.39, 0.29) is 29.7 Å². The number of carbonyl (C=O) groups excluding carboxylic acids is 1. The van der Waals surface area contributed by atoms with Crippen LogP contribution in [-0.2, 0) is 15.6 Å². The molecule has 1 N–H and O–H groups in total. The van der Waals surface area contributed by atoms with Gasteiger partial charge in [0.25, 0.3) is 5.91 Å². The molecular formula is C18H21NO4S. The molecule has 0 aliphatic rings. The summed E-state index contributed by atoms with van der Waals surface area (Å²) in [5, 5.41) is 9.02. The Kier molecular flexibility index (Phi) is 6.11. The average Bonchev–Trinajstić information content (AvgIpc) is 2.59. The molecule has 128 valence electrons. The molecule has 0 atom stereocenters. The molecule has 0 spiro atoms. The van der Waals surface area contributed by atoms with Crippen LogP contribution in [0, 0.1) is 0 Å². The molecule has 0 fully saturated rings. The smallest absolute Gasteiger partial charge is 0.253 e. The summed E-state index contributed by atoms with van der Waals surface area (Å²) in [6.07, 6.45) is 0. The maximum atomic E-state index is 12.4. The maximum absolute atomic E-state index is 12.4. The quantitative estimate of drug-likeness (QED) is 0.832. The van der Waals surface area contributed by atoms with Crippen LogP contribution in [0.2, 0.25) is 0 Å². The van der Waals surface area contributed by atoms with E-state index < -0.39 is 9.84 Å². The van der Waals surface area contributed by atoms with Crippen molar-refractivity contribution in [3.8, 4) is 0 Å². The van der Waals surface area contributed by atoms with E-state index in [1.807, 2.05) is 6.92 Å². The van der Waals surface area contributed by atoms with Crippen LogP contribution in [-0.4, -0.2) is 44.0 Å². The van der Waals surface area contributed by atoms with Gasteiger partial charge >= 0.3 is 0 Å². The first-order valence-electron chi connectivity index (χ1n) is 7.75. The van der Waals surface area contributed by atoms with Gasteiger partial charge in [-0.2, -0.15) is 0 Å². The molecule has 0 heterocycles. The lowest BCUT2D eigenvalue weighted by Gasteiger charge is -2.20. The van der Waals surface area contributed by atoms with Gasteiger partial charge in [-0.25, -0.2) is 8.42 Å². The predicted molar refractivity (Wildman–Crippen MR) is 92.4 cm³/mol. The second kappa shape index (κ2) is 8.08. The Morgan fingerprint density at radius 3 is 2.42 bits per heavy atom. The number of aliphatic hydroxyl groups is 1. The molecule has 2 rings (SSSR count). The Balaban J connectivity index is 2.23. The van der Waals surface area contributed by atoms with Gasteiger partial charge in [-0.05, 0) is 36.8 Å². The van der Waals surface area contributed by atoms with Gasteiger partial charge < -0.3 is 10.0 Å². The summed E-state index contributed by atoms with van der Waals surface area (Å²) in [6.45, 7) is 2.45. The van der Waals surface area contributed by atoms with Crippen LogP contribution in [0.5, 0.6) is 0 Å². The van der Waals surface area contributed by atoms with Crippen LogP contribution < -0.4 is 0 Å². The summed E-state index contributed by atoms with van der Waals surface area (Å²) >= 11 is 0. The molecule has 0 bridgehead atoms. The Labute approximate surface area is 142 Å². The third-order valence-electron chi connectivity index (χ3n) is 3.67. The molecule has 0 aromatic heterocycles. The molecule has 6 heteroatoms. The van der Waals surface area contributed by atoms with Crippen LogP contribution in [0.25, 0.3) is 0 Å². The number of hydrogen-bond acceptors (Lipinski definition) is 4. The molecule has 0 aliphatic heterocycles. The molecule has 0 saturated carbocycles. The van der Waals surface area contributed by atoms with Crippen molar-refractivity contribution >= 4 is 15.7 Å². The summed E-state index contributed by atoms with van der Waals surface area (Å²) < 4.78 is 24.9. The first-order chi connectivity index (χ1) is 11.5. The van der Waals surface area contributed by atoms with Gasteiger partial charge in [-0.3, -0.25) is 4.79 Å². The van der Waals surface area contributed by atoms with Gasteiger partial charge in [0.1, 0.15) is 0 Å². The summed E-state index contributed by atoms with van der Waals surface area (Å²) in [7, 11) is -3.46. The zero-order chi connectivity index (χ0) is 17.6. The van der Waals surface area contributed by atoms with Gasteiger partial charge in [0, 0.05) is 18.7 Å². The standard InChI is InChI=1S/C18H21NO4S/c1-2-19(11-12-20)18(21)16-8-6-7-15(13-16)14-24(22,23)17-9-4-3-5-10-17/h3-10,13,20H,2,11-12,14H2,1H3. The molecule has 2 aromatic carbocycles. The molecule has 0 unspecified atom stereocenters. The Morgan fingerprint density at radius 1 is 1.08 bits per heavy atom. The van der Waals surface area contributed by atoms with Crippen molar-refractivity contribution in [2.75, 3.05) is 19.7 Å². The number of likely N-dealkylation sites (N-methyl/N-ethyl adjacent to an activating group) is 1. The number of carbonyl (C=O) groups is 1. The highest BCUT2D eigenvalue weighted by atomic mass is 32.2. The van der Waals surface area contributed by atoms with Crippen molar-refractivity contribution in [1.29, 1.82) is 0 Å². The van der Waals surface area contributed by atoms with Gasteiger partial charge in [-0.15, -0.1) is 0 Å². The fraction of sp³-hybridized carbons (Fsp3) is 0.278. The van der Waals surface area contributed by atoms with Crippen LogP contribution in [0.15, 0.2) is 59.5 Å². The van der Waals surface area contributed by atoms with E-state index in [4.69, 9.17) is 5.11 Å². The fourth-order valence-electron chi connectivity index (χ4n) is 2.43. The van der Waals surface area contributed by atoms with Gasteiger partial charge in [-0.1, -0.05) is 30.3 Å². The minimum absolute atomic E-state index is 0.109. The predicted octanol–water partition coefficient (Wildman–Crippen LogP) is 2.11. The van der Waals surface area contributed by atoms with E-state index in [1.165, 1.54) is 4.90 Å². The number of amides is 1. The lowest BCUT2D eigenvalue weighted by Crippen LogP contribution is -2.33. The topological polar surface area (TPSA) is 74.7 Å². The van der Waals surface area contributed by atoms with E-state index in [0.29, 0.717) is 17.7 Å². The third-order valence-corrected chi connectivity index (χ3v) is 5.38. The molecule has 0 saturated heterocycles. The largest absolute Gasteiger partial charge is 0.395 e. The lowest BCUT2D eigenvalue weighted by molar-refractivity contribution is 0.0732. The van der Waals surface area contributed by atoms with Gasteiger partial charge in [0.15, 0.2) is 9.84 Å². The SMILES string of the molecule is CCN(CCO)C(=O)c1cccc(CS(=O)(=O)c2ccccc2)c1. The van der Waals surface area contributed by atoms with Crippen LogP contribution >= 0.6 is 0 Å². The van der Waals surface area contributed by atoms with Gasteiger partial charge in [0.2, 0.25) is 0 Å². The lowest BCUT2D eigenvalue weighted by atomic mass is 10.1. The second-order valence-electron chi connectivity index (χ2n) is 5.38. The first-order valence-corrected chi connectivity index (χ1v) is 9.40. The van der Waals surface area contributed by atoms with Crippen LogP contribution in [0.3, 0.4) is 0 Å². The summed E-state index contributed by atoms with van der Waals surface area (Å²) in [5.41, 5.74) is 0.982. The Morgan fingerprint density at radius 2 is 1.79 bits per heavy atom. The Bertz CT molecular complexity index is 788. The highest BCUT2D eigenvalue weighted by molar-refractivity contribution is 7.90. The fourth-order valence-corrected chi connectivity index (χ4v) is 3.79. The van der Waals surface area contributed by atoms with Crippen molar-refractivity contribution in [3.05, 3.63) is 65.7 Å². The summed E-state index contributed by atoms with van der Waals surface area (Å²) in [6, 6.07) is 14.9. The van der Waals surface area contributed by atoms with Crippen molar-refractivity contribution in [2.24, 2.45) is 0 Å². The average molecular weight is 347 g/mol. The van der Waals surface area contributed by atoms with Crippen LogP contribution in [0.4, 0.5) is 0 Å². The summed E-state index contributed by atoms with van der Waals surface area (Å²) in [5.74, 6) is -0.380. The van der Waals surface area contributed by atoms with E-state index in [9.17, 15) is 13.2 Å². The number of aliphatic hydroxyl groups excluding tert-OH is 1. The van der Waals surface area contributed by atoms with Crippen molar-refractivity contribution < 1.29 is 18.3 Å². The molecule has 0 radical (unpaired) electrons. The molecule has 24 heavy (non-hydrogen) atoms. The number of sulfone groups is 1. The zero-order valence-electron chi connectivity index (χ0n) is 13.6. The molecule has 1 amide bonds. The second-order valence-corrected chi connectivity index (χ2v) is 7.37. The van der Waals surface area contributed by atoms with Crippen molar-refractivity contribution in [3.63, 3.8) is 0 Å². The monoisotopic (exact) mass is 347 g/mol. The molecule has 5 nitrogen and oxygen atoms in total. The number of hydrogen-bond donors (Lipinski definition) is 1. The van der Waals surface area contributed by atoms with Gasteiger partial charge in [0.05, 0.1) is 17.3 Å². The third kappa shape index (κ3) is 4.43. The minimum atomic E-state index is -3.46. The summed E-state index contributed by atoms with van der Waals surface area (Å²) in [4.78, 5) is 14.2. The normalized spacial score (nSPS) is 11.2. The minimum Gasteiger partial charge on any atom is -0.395 e. The highest BCUT2D eigenvalue weighted by Gasteiger charge is 2.17. The van der Waals surface area contributed by atoms with E-state index in [1.54, 1.807) is 54.6 Å². The number of rotatable bonds is 7. The molecule has 2 aromatic rings. The van der Waals surface area contributed by atoms with E-state index >= 15 is 0 Å².